The maximum atomic E-state index is 4.16. The van der Waals surface area contributed by atoms with Crippen molar-refractivity contribution >= 4 is 0 Å². The van der Waals surface area contributed by atoms with Gasteiger partial charge in [0.1, 0.15) is 0 Å². The number of aryl methyl sites for hydroxylation is 2. The predicted molar refractivity (Wildman–Crippen MR) is 83.5 cm³/mol. The van der Waals surface area contributed by atoms with E-state index in [0.29, 0.717) is 0 Å². The molecular formula is C19H17N. The molecule has 1 heteroatoms. The molecule has 3 aromatic rings. The van der Waals surface area contributed by atoms with Crippen LogP contribution in [-0.2, 0) is 12.8 Å². The summed E-state index contributed by atoms with van der Waals surface area (Å²) in [5.74, 6) is 0. The Bertz CT molecular complexity index is 660. The summed E-state index contributed by atoms with van der Waals surface area (Å²) in [5.41, 5.74) is 5.22. The summed E-state index contributed by atoms with van der Waals surface area (Å²) in [6, 6.07) is 23.4. The van der Waals surface area contributed by atoms with Gasteiger partial charge in [0.25, 0.3) is 0 Å². The smallest absolute Gasteiger partial charge is 0.0299 e. The monoisotopic (exact) mass is 259 g/mol. The highest BCUT2D eigenvalue weighted by Gasteiger charge is 2.00. The summed E-state index contributed by atoms with van der Waals surface area (Å²) < 4.78 is 0. The van der Waals surface area contributed by atoms with Crippen LogP contribution in [0.3, 0.4) is 0 Å². The zero-order valence-electron chi connectivity index (χ0n) is 11.4. The number of rotatable bonds is 4. The van der Waals surface area contributed by atoms with Crippen molar-refractivity contribution in [3.63, 3.8) is 0 Å². The van der Waals surface area contributed by atoms with Crippen LogP contribution in [0.5, 0.6) is 0 Å². The van der Waals surface area contributed by atoms with E-state index in [4.69, 9.17) is 0 Å². The number of hydrogen-bond acceptors (Lipinski definition) is 1. The first-order valence-corrected chi connectivity index (χ1v) is 6.95. The molecule has 0 aliphatic carbocycles. The third-order valence-corrected chi connectivity index (χ3v) is 3.46. The van der Waals surface area contributed by atoms with Gasteiger partial charge in [0.05, 0.1) is 0 Å². The standard InChI is InChI=1S/C19H17N/c1-2-8-18(9-3-1)19-10-4-6-16(14-19)11-12-17-7-5-13-20-15-17/h1-10,13-15H,11-12H2. The summed E-state index contributed by atoms with van der Waals surface area (Å²) in [6.45, 7) is 0. The lowest BCUT2D eigenvalue weighted by molar-refractivity contribution is 0.950. The minimum absolute atomic E-state index is 1.03. The van der Waals surface area contributed by atoms with E-state index in [2.05, 4.69) is 65.6 Å². The Labute approximate surface area is 119 Å². The van der Waals surface area contributed by atoms with E-state index >= 15 is 0 Å². The Morgan fingerprint density at radius 3 is 2.20 bits per heavy atom. The van der Waals surface area contributed by atoms with Gasteiger partial charge < -0.3 is 0 Å². The molecule has 98 valence electrons. The van der Waals surface area contributed by atoms with Gasteiger partial charge in [-0.05, 0) is 41.2 Å². The van der Waals surface area contributed by atoms with E-state index < -0.39 is 0 Å². The minimum Gasteiger partial charge on any atom is -0.264 e. The van der Waals surface area contributed by atoms with E-state index in [9.17, 15) is 0 Å². The average Bonchev–Trinajstić information content (AvgIpc) is 2.55. The Morgan fingerprint density at radius 1 is 0.650 bits per heavy atom. The molecule has 0 unspecified atom stereocenters. The fourth-order valence-electron chi connectivity index (χ4n) is 2.37. The lowest BCUT2D eigenvalue weighted by Crippen LogP contribution is -1.92. The van der Waals surface area contributed by atoms with E-state index in [-0.39, 0.29) is 0 Å². The van der Waals surface area contributed by atoms with Crippen LogP contribution in [0.25, 0.3) is 11.1 Å². The molecule has 0 bridgehead atoms. The average molecular weight is 259 g/mol. The van der Waals surface area contributed by atoms with Crippen molar-refractivity contribution in [1.29, 1.82) is 0 Å². The number of hydrogen-bond donors (Lipinski definition) is 0. The van der Waals surface area contributed by atoms with Gasteiger partial charge in [-0.25, -0.2) is 0 Å². The third-order valence-electron chi connectivity index (χ3n) is 3.46. The fourth-order valence-corrected chi connectivity index (χ4v) is 2.37. The second kappa shape index (κ2) is 6.16. The second-order valence-corrected chi connectivity index (χ2v) is 4.93. The molecule has 1 nitrogen and oxygen atoms in total. The molecule has 0 aliphatic rings. The first-order valence-electron chi connectivity index (χ1n) is 6.95. The van der Waals surface area contributed by atoms with Gasteiger partial charge in [-0.3, -0.25) is 4.98 Å². The van der Waals surface area contributed by atoms with Gasteiger partial charge in [0.15, 0.2) is 0 Å². The number of benzene rings is 2. The first-order chi connectivity index (χ1) is 9.92. The van der Waals surface area contributed by atoms with Crippen LogP contribution in [-0.4, -0.2) is 4.98 Å². The van der Waals surface area contributed by atoms with Crippen LogP contribution < -0.4 is 0 Å². The van der Waals surface area contributed by atoms with Crippen LogP contribution in [0.15, 0.2) is 79.1 Å². The molecule has 0 radical (unpaired) electrons. The summed E-state index contributed by atoms with van der Waals surface area (Å²) in [4.78, 5) is 4.16. The molecule has 0 saturated carbocycles. The van der Waals surface area contributed by atoms with Crippen LogP contribution in [0.4, 0.5) is 0 Å². The SMILES string of the molecule is c1ccc(-c2cccc(CCc3cccnc3)c2)cc1. The molecule has 1 aromatic heterocycles. The highest BCUT2D eigenvalue weighted by atomic mass is 14.6. The number of aromatic nitrogens is 1. The van der Waals surface area contributed by atoms with Crippen LogP contribution >= 0.6 is 0 Å². The van der Waals surface area contributed by atoms with E-state index in [1.54, 1.807) is 0 Å². The Morgan fingerprint density at radius 2 is 1.40 bits per heavy atom. The van der Waals surface area contributed by atoms with Crippen LogP contribution in [0.2, 0.25) is 0 Å². The molecule has 0 N–H and O–H groups in total. The molecule has 0 aliphatic heterocycles. The quantitative estimate of drug-likeness (QED) is 0.670. The van der Waals surface area contributed by atoms with Crippen molar-refractivity contribution in [2.24, 2.45) is 0 Å². The third kappa shape index (κ3) is 3.12. The van der Waals surface area contributed by atoms with Crippen LogP contribution in [0.1, 0.15) is 11.1 Å². The maximum absolute atomic E-state index is 4.16. The summed E-state index contributed by atoms with van der Waals surface area (Å²) in [6.07, 6.45) is 5.85. The molecule has 0 spiro atoms. The van der Waals surface area contributed by atoms with Gasteiger partial charge in [0.2, 0.25) is 0 Å². The van der Waals surface area contributed by atoms with Crippen molar-refractivity contribution in [1.82, 2.24) is 4.98 Å². The lowest BCUT2D eigenvalue weighted by Gasteiger charge is -2.06. The van der Waals surface area contributed by atoms with Gasteiger partial charge in [-0.2, -0.15) is 0 Å². The topological polar surface area (TPSA) is 12.9 Å². The zero-order chi connectivity index (χ0) is 13.6. The highest BCUT2D eigenvalue weighted by Crippen LogP contribution is 2.20. The molecule has 0 atom stereocenters. The van der Waals surface area contributed by atoms with Gasteiger partial charge in [-0.15, -0.1) is 0 Å². The van der Waals surface area contributed by atoms with Gasteiger partial charge in [-0.1, -0.05) is 60.7 Å². The molecule has 3 rings (SSSR count). The van der Waals surface area contributed by atoms with Crippen LogP contribution in [0, 0.1) is 0 Å². The molecule has 0 fully saturated rings. The highest BCUT2D eigenvalue weighted by molar-refractivity contribution is 5.63. The van der Waals surface area contributed by atoms with Crippen molar-refractivity contribution in [3.05, 3.63) is 90.3 Å². The minimum atomic E-state index is 1.03. The maximum Gasteiger partial charge on any atom is 0.0299 e. The van der Waals surface area contributed by atoms with E-state index in [1.807, 2.05) is 18.5 Å². The Balaban J connectivity index is 1.75. The largest absolute Gasteiger partial charge is 0.264 e. The van der Waals surface area contributed by atoms with Crippen molar-refractivity contribution < 1.29 is 0 Å². The summed E-state index contributed by atoms with van der Waals surface area (Å²) in [5, 5.41) is 0. The van der Waals surface area contributed by atoms with E-state index in [0.717, 1.165) is 12.8 Å². The van der Waals surface area contributed by atoms with Crippen molar-refractivity contribution in [2.75, 3.05) is 0 Å². The lowest BCUT2D eigenvalue weighted by atomic mass is 10.00. The van der Waals surface area contributed by atoms with Gasteiger partial charge >= 0.3 is 0 Å². The molecular weight excluding hydrogens is 242 g/mol. The summed E-state index contributed by atoms with van der Waals surface area (Å²) >= 11 is 0. The van der Waals surface area contributed by atoms with Crippen molar-refractivity contribution in [3.8, 4) is 11.1 Å². The van der Waals surface area contributed by atoms with Gasteiger partial charge in [0, 0.05) is 12.4 Å². The zero-order valence-corrected chi connectivity index (χ0v) is 11.4. The summed E-state index contributed by atoms with van der Waals surface area (Å²) in [7, 11) is 0. The van der Waals surface area contributed by atoms with E-state index in [1.165, 1.54) is 22.3 Å². The van der Waals surface area contributed by atoms with Crippen molar-refractivity contribution in [2.45, 2.75) is 12.8 Å². The number of pyridine rings is 1. The predicted octanol–water partition coefficient (Wildman–Crippen LogP) is 4.53. The fraction of sp³-hybridized carbons (Fsp3) is 0.105. The Kier molecular flexibility index (Phi) is 3.88. The normalized spacial score (nSPS) is 10.4. The molecule has 20 heavy (non-hydrogen) atoms. The second-order valence-electron chi connectivity index (χ2n) is 4.93. The molecule has 2 aromatic carbocycles. The molecule has 0 amide bonds. The number of nitrogens with zero attached hydrogens (tertiary/aromatic N) is 1. The first kappa shape index (κ1) is 12.6. The molecule has 0 saturated heterocycles. The molecule has 1 heterocycles. The Hall–Kier alpha value is -2.41.